The van der Waals surface area contributed by atoms with Gasteiger partial charge in [-0.1, -0.05) is 6.92 Å². The molecule has 1 aliphatic heterocycles. The van der Waals surface area contributed by atoms with Crippen molar-refractivity contribution in [1.82, 2.24) is 25.0 Å². The molecule has 0 radical (unpaired) electrons. The summed E-state index contributed by atoms with van der Waals surface area (Å²) in [6, 6.07) is -0.181. The van der Waals surface area contributed by atoms with Crippen LogP contribution in [0.3, 0.4) is 0 Å². The second kappa shape index (κ2) is 9.50. The Morgan fingerprint density at radius 2 is 2.08 bits per heavy atom. The van der Waals surface area contributed by atoms with Crippen molar-refractivity contribution in [2.75, 3.05) is 26.3 Å². The maximum Gasteiger partial charge on any atom is 0.248 e. The molecule has 2 rings (SSSR count). The standard InChI is InChI=1S/C17H29N5O3/c1-4-8-22-16(18-12-19-22)13(3)20-17(24)14-6-9-21(10-7-14)15(23)11-25-5-2/h12-14H,4-11H2,1-3H3,(H,20,24)/t13-/m0/s1. The third-order valence-electron chi connectivity index (χ3n) is 4.48. The van der Waals surface area contributed by atoms with E-state index in [2.05, 4.69) is 22.3 Å². The summed E-state index contributed by atoms with van der Waals surface area (Å²) < 4.78 is 7.00. The fourth-order valence-corrected chi connectivity index (χ4v) is 3.06. The molecule has 0 aliphatic carbocycles. The molecule has 1 saturated heterocycles. The van der Waals surface area contributed by atoms with Gasteiger partial charge in [-0.05, 0) is 33.1 Å². The fourth-order valence-electron chi connectivity index (χ4n) is 3.06. The SMILES string of the molecule is CCCn1ncnc1[C@H](C)NC(=O)C1CCN(C(=O)COCC)CC1. The first kappa shape index (κ1) is 19.4. The Morgan fingerprint density at radius 3 is 2.72 bits per heavy atom. The van der Waals surface area contributed by atoms with E-state index in [1.54, 1.807) is 4.90 Å². The Kier molecular flexibility index (Phi) is 7.36. The minimum Gasteiger partial charge on any atom is -0.372 e. The molecule has 1 aromatic rings. The van der Waals surface area contributed by atoms with E-state index in [0.29, 0.717) is 32.5 Å². The Hall–Kier alpha value is -1.96. The maximum absolute atomic E-state index is 12.5. The number of carbonyl (C=O) groups excluding carboxylic acids is 2. The van der Waals surface area contributed by atoms with Crippen LogP contribution >= 0.6 is 0 Å². The average Bonchev–Trinajstić information content (AvgIpc) is 3.08. The van der Waals surface area contributed by atoms with Crippen molar-refractivity contribution in [2.45, 2.75) is 52.6 Å². The second-order valence-electron chi connectivity index (χ2n) is 6.36. The monoisotopic (exact) mass is 351 g/mol. The molecule has 1 fully saturated rings. The molecule has 0 aromatic carbocycles. The number of amides is 2. The van der Waals surface area contributed by atoms with Crippen LogP contribution in [0.25, 0.3) is 0 Å². The Morgan fingerprint density at radius 1 is 1.36 bits per heavy atom. The van der Waals surface area contributed by atoms with Crippen LogP contribution in [-0.4, -0.2) is 57.8 Å². The normalized spacial score (nSPS) is 16.7. The van der Waals surface area contributed by atoms with Gasteiger partial charge < -0.3 is 15.0 Å². The van der Waals surface area contributed by atoms with Crippen molar-refractivity contribution < 1.29 is 14.3 Å². The van der Waals surface area contributed by atoms with E-state index in [0.717, 1.165) is 18.8 Å². The quantitative estimate of drug-likeness (QED) is 0.759. The molecular weight excluding hydrogens is 322 g/mol. The summed E-state index contributed by atoms with van der Waals surface area (Å²) >= 11 is 0. The van der Waals surface area contributed by atoms with Gasteiger partial charge in [-0.2, -0.15) is 5.10 Å². The van der Waals surface area contributed by atoms with Gasteiger partial charge in [-0.25, -0.2) is 9.67 Å². The Balaban J connectivity index is 1.82. The highest BCUT2D eigenvalue weighted by Crippen LogP contribution is 2.19. The van der Waals surface area contributed by atoms with Crippen LogP contribution < -0.4 is 5.32 Å². The summed E-state index contributed by atoms with van der Waals surface area (Å²) in [6.45, 7) is 8.52. The molecule has 140 valence electrons. The molecule has 0 unspecified atom stereocenters. The van der Waals surface area contributed by atoms with E-state index in [9.17, 15) is 9.59 Å². The van der Waals surface area contributed by atoms with Gasteiger partial charge in [0, 0.05) is 32.2 Å². The lowest BCUT2D eigenvalue weighted by Gasteiger charge is -2.31. The molecule has 25 heavy (non-hydrogen) atoms. The van der Waals surface area contributed by atoms with E-state index in [4.69, 9.17) is 4.74 Å². The fraction of sp³-hybridized carbons (Fsp3) is 0.765. The molecule has 2 amide bonds. The molecule has 0 saturated carbocycles. The number of piperidine rings is 1. The van der Waals surface area contributed by atoms with Gasteiger partial charge in [0.25, 0.3) is 0 Å². The predicted octanol–water partition coefficient (Wildman–Crippen LogP) is 1.14. The number of nitrogens with one attached hydrogen (secondary N) is 1. The second-order valence-corrected chi connectivity index (χ2v) is 6.36. The van der Waals surface area contributed by atoms with Gasteiger partial charge in [0.2, 0.25) is 11.8 Å². The zero-order chi connectivity index (χ0) is 18.2. The molecule has 8 nitrogen and oxygen atoms in total. The molecule has 0 spiro atoms. The summed E-state index contributed by atoms with van der Waals surface area (Å²) in [7, 11) is 0. The lowest BCUT2D eigenvalue weighted by atomic mass is 9.95. The minimum absolute atomic E-state index is 0.00161. The lowest BCUT2D eigenvalue weighted by Crippen LogP contribution is -2.44. The van der Waals surface area contributed by atoms with E-state index in [-0.39, 0.29) is 30.4 Å². The summed E-state index contributed by atoms with van der Waals surface area (Å²) in [5, 5.41) is 7.24. The van der Waals surface area contributed by atoms with Crippen LogP contribution in [0.15, 0.2) is 6.33 Å². The summed E-state index contributed by atoms with van der Waals surface area (Å²) in [5.41, 5.74) is 0. The first-order valence-electron chi connectivity index (χ1n) is 9.10. The smallest absolute Gasteiger partial charge is 0.248 e. The average molecular weight is 351 g/mol. The van der Waals surface area contributed by atoms with E-state index in [1.165, 1.54) is 6.33 Å². The number of nitrogens with zero attached hydrogens (tertiary/aromatic N) is 4. The van der Waals surface area contributed by atoms with Gasteiger partial charge >= 0.3 is 0 Å². The van der Waals surface area contributed by atoms with Crippen molar-refractivity contribution in [3.8, 4) is 0 Å². The third kappa shape index (κ3) is 5.26. The zero-order valence-corrected chi connectivity index (χ0v) is 15.4. The van der Waals surface area contributed by atoms with Crippen LogP contribution in [0.1, 0.15) is 51.9 Å². The van der Waals surface area contributed by atoms with Crippen molar-refractivity contribution in [2.24, 2.45) is 5.92 Å². The predicted molar refractivity (Wildman–Crippen MR) is 92.7 cm³/mol. The number of hydrogen-bond acceptors (Lipinski definition) is 5. The highest BCUT2D eigenvalue weighted by molar-refractivity contribution is 5.80. The number of carbonyl (C=O) groups is 2. The van der Waals surface area contributed by atoms with Crippen molar-refractivity contribution in [3.63, 3.8) is 0 Å². The molecular formula is C17H29N5O3. The number of aryl methyl sites for hydroxylation is 1. The Bertz CT molecular complexity index is 566. The van der Waals surface area contributed by atoms with E-state index >= 15 is 0 Å². The molecule has 1 atom stereocenters. The van der Waals surface area contributed by atoms with E-state index in [1.807, 2.05) is 18.5 Å². The van der Waals surface area contributed by atoms with Crippen LogP contribution in [-0.2, 0) is 20.9 Å². The summed E-state index contributed by atoms with van der Waals surface area (Å²) in [4.78, 5) is 30.5. The largest absolute Gasteiger partial charge is 0.372 e. The van der Waals surface area contributed by atoms with Gasteiger partial charge in [0.1, 0.15) is 18.8 Å². The zero-order valence-electron chi connectivity index (χ0n) is 15.4. The highest BCUT2D eigenvalue weighted by atomic mass is 16.5. The molecule has 1 aliphatic rings. The molecule has 8 heteroatoms. The maximum atomic E-state index is 12.5. The first-order valence-corrected chi connectivity index (χ1v) is 9.10. The van der Waals surface area contributed by atoms with E-state index < -0.39 is 0 Å². The third-order valence-corrected chi connectivity index (χ3v) is 4.48. The van der Waals surface area contributed by atoms with Crippen molar-refractivity contribution in [1.29, 1.82) is 0 Å². The molecule has 1 N–H and O–H groups in total. The minimum atomic E-state index is -0.181. The molecule has 2 heterocycles. The summed E-state index contributed by atoms with van der Waals surface area (Å²) in [6.07, 6.45) is 3.84. The van der Waals surface area contributed by atoms with Crippen molar-refractivity contribution >= 4 is 11.8 Å². The van der Waals surface area contributed by atoms with Crippen LogP contribution in [0, 0.1) is 5.92 Å². The van der Waals surface area contributed by atoms with Crippen molar-refractivity contribution in [3.05, 3.63) is 12.2 Å². The number of likely N-dealkylation sites (tertiary alicyclic amines) is 1. The molecule has 1 aromatic heterocycles. The van der Waals surface area contributed by atoms with Gasteiger partial charge in [-0.15, -0.1) is 0 Å². The topological polar surface area (TPSA) is 89.4 Å². The highest BCUT2D eigenvalue weighted by Gasteiger charge is 2.28. The van der Waals surface area contributed by atoms with Gasteiger partial charge in [-0.3, -0.25) is 9.59 Å². The van der Waals surface area contributed by atoms with Crippen LogP contribution in [0.5, 0.6) is 0 Å². The Labute approximate surface area is 148 Å². The first-order chi connectivity index (χ1) is 12.1. The lowest BCUT2D eigenvalue weighted by molar-refractivity contribution is -0.139. The number of hydrogen-bond donors (Lipinski definition) is 1. The number of ether oxygens (including phenoxy) is 1. The van der Waals surface area contributed by atoms with Gasteiger partial charge in [0.05, 0.1) is 6.04 Å². The molecule has 0 bridgehead atoms. The van der Waals surface area contributed by atoms with Crippen LogP contribution in [0.2, 0.25) is 0 Å². The summed E-state index contributed by atoms with van der Waals surface area (Å²) in [5.74, 6) is 0.734. The van der Waals surface area contributed by atoms with Gasteiger partial charge in [0.15, 0.2) is 0 Å². The number of aromatic nitrogens is 3. The van der Waals surface area contributed by atoms with Crippen LogP contribution in [0.4, 0.5) is 0 Å². The number of rotatable bonds is 8.